The zero-order valence-electron chi connectivity index (χ0n) is 13.6. The van der Waals surface area contributed by atoms with Gasteiger partial charge in [-0.2, -0.15) is 0 Å². The number of phenols is 1. The van der Waals surface area contributed by atoms with E-state index in [0.717, 1.165) is 10.8 Å². The van der Waals surface area contributed by atoms with Crippen LogP contribution in [0.4, 0.5) is 0 Å². The van der Waals surface area contributed by atoms with Gasteiger partial charge in [0, 0.05) is 6.54 Å². The maximum absolute atomic E-state index is 12.3. The molecule has 0 aliphatic heterocycles. The van der Waals surface area contributed by atoms with Crippen LogP contribution < -0.4 is 10.1 Å². The first-order valence-electron chi connectivity index (χ1n) is 7.99. The van der Waals surface area contributed by atoms with Crippen molar-refractivity contribution in [2.75, 3.05) is 13.2 Å². The molecule has 25 heavy (non-hydrogen) atoms. The Morgan fingerprint density at radius 1 is 1.00 bits per heavy atom. The van der Waals surface area contributed by atoms with Gasteiger partial charge >= 0.3 is 0 Å². The van der Waals surface area contributed by atoms with Crippen molar-refractivity contribution >= 4 is 16.7 Å². The molecule has 5 heteroatoms. The van der Waals surface area contributed by atoms with Crippen molar-refractivity contribution < 1.29 is 19.7 Å². The molecule has 0 spiro atoms. The smallest absolute Gasteiger partial charge is 0.255 e. The first-order chi connectivity index (χ1) is 12.1. The number of rotatable bonds is 6. The topological polar surface area (TPSA) is 78.8 Å². The Kier molecular flexibility index (Phi) is 5.16. The van der Waals surface area contributed by atoms with Crippen LogP contribution in [0.25, 0.3) is 10.8 Å². The molecule has 1 amide bonds. The Morgan fingerprint density at radius 3 is 2.36 bits per heavy atom. The second-order valence-electron chi connectivity index (χ2n) is 5.70. The van der Waals surface area contributed by atoms with E-state index in [9.17, 15) is 15.0 Å². The number of carbonyl (C=O) groups is 1. The highest BCUT2D eigenvalue weighted by molar-refractivity contribution is 6.01. The molecule has 0 bridgehead atoms. The summed E-state index contributed by atoms with van der Waals surface area (Å²) in [5.74, 6) is 0.119. The van der Waals surface area contributed by atoms with Crippen molar-refractivity contribution in [3.8, 4) is 11.5 Å². The average molecular weight is 337 g/mol. The number of aliphatic hydroxyl groups excluding tert-OH is 1. The molecule has 128 valence electrons. The maximum Gasteiger partial charge on any atom is 0.255 e. The molecule has 5 nitrogen and oxygen atoms in total. The van der Waals surface area contributed by atoms with Gasteiger partial charge in [-0.1, -0.05) is 42.5 Å². The highest BCUT2D eigenvalue weighted by atomic mass is 16.5. The van der Waals surface area contributed by atoms with E-state index in [-0.39, 0.29) is 24.5 Å². The molecule has 0 saturated heterocycles. The summed E-state index contributed by atoms with van der Waals surface area (Å²) < 4.78 is 5.44. The van der Waals surface area contributed by atoms with E-state index in [1.54, 1.807) is 24.3 Å². The van der Waals surface area contributed by atoms with E-state index in [1.165, 1.54) is 0 Å². The molecule has 3 aromatic rings. The summed E-state index contributed by atoms with van der Waals surface area (Å²) in [5.41, 5.74) is 0.176. The van der Waals surface area contributed by atoms with Crippen molar-refractivity contribution in [3.05, 3.63) is 72.3 Å². The molecule has 0 heterocycles. The normalized spacial score (nSPS) is 11.9. The average Bonchev–Trinajstić information content (AvgIpc) is 2.64. The zero-order chi connectivity index (χ0) is 17.6. The molecule has 0 saturated carbocycles. The summed E-state index contributed by atoms with van der Waals surface area (Å²) in [4.78, 5) is 12.3. The van der Waals surface area contributed by atoms with Gasteiger partial charge in [-0.3, -0.25) is 4.79 Å². The lowest BCUT2D eigenvalue weighted by atomic mass is 10.1. The standard InChI is InChI=1S/C20H19NO4/c22-16(13-25-17-8-2-1-3-9-17)12-21-20(24)18-10-14-6-4-5-7-15(14)11-19(18)23/h1-11,16,22-23H,12-13H2,(H,21,24)/t16-/m0/s1. The number of phenolic OH excluding ortho intramolecular Hbond substituents is 1. The Hall–Kier alpha value is -3.05. The third-order valence-electron chi connectivity index (χ3n) is 3.79. The van der Waals surface area contributed by atoms with Gasteiger partial charge in [-0.05, 0) is 35.0 Å². The van der Waals surface area contributed by atoms with Crippen molar-refractivity contribution in [2.45, 2.75) is 6.10 Å². The number of ether oxygens (including phenoxy) is 1. The number of amides is 1. The van der Waals surface area contributed by atoms with Crippen LogP contribution in [0.2, 0.25) is 0 Å². The summed E-state index contributed by atoms with van der Waals surface area (Å²) in [6.07, 6.45) is -0.855. The van der Waals surface area contributed by atoms with Crippen LogP contribution in [0.1, 0.15) is 10.4 Å². The number of aromatic hydroxyl groups is 1. The molecule has 0 aliphatic rings. The number of para-hydroxylation sites is 1. The second-order valence-corrected chi connectivity index (χ2v) is 5.70. The van der Waals surface area contributed by atoms with Crippen LogP contribution in [0, 0.1) is 0 Å². The van der Waals surface area contributed by atoms with Crippen molar-refractivity contribution in [1.29, 1.82) is 0 Å². The van der Waals surface area contributed by atoms with Crippen LogP contribution in [0.15, 0.2) is 66.7 Å². The lowest BCUT2D eigenvalue weighted by molar-refractivity contribution is 0.0842. The van der Waals surface area contributed by atoms with Crippen LogP contribution in [-0.4, -0.2) is 35.4 Å². The third-order valence-corrected chi connectivity index (χ3v) is 3.79. The number of nitrogens with one attached hydrogen (secondary N) is 1. The number of aliphatic hydroxyl groups is 1. The van der Waals surface area contributed by atoms with E-state index >= 15 is 0 Å². The summed E-state index contributed by atoms with van der Waals surface area (Å²) in [7, 11) is 0. The number of carbonyl (C=O) groups excluding carboxylic acids is 1. The Morgan fingerprint density at radius 2 is 1.64 bits per heavy atom. The minimum absolute atomic E-state index is 0.0257. The van der Waals surface area contributed by atoms with Gasteiger partial charge in [-0.25, -0.2) is 0 Å². The zero-order valence-corrected chi connectivity index (χ0v) is 13.6. The molecular formula is C20H19NO4. The lowest BCUT2D eigenvalue weighted by Crippen LogP contribution is -2.35. The van der Waals surface area contributed by atoms with Crippen LogP contribution >= 0.6 is 0 Å². The molecule has 3 N–H and O–H groups in total. The predicted octanol–water partition coefficient (Wildman–Crippen LogP) is 2.72. The number of hydrogen-bond donors (Lipinski definition) is 3. The summed E-state index contributed by atoms with van der Waals surface area (Å²) in [6.45, 7) is 0.0892. The van der Waals surface area contributed by atoms with E-state index in [1.807, 2.05) is 42.5 Å². The third kappa shape index (κ3) is 4.28. The molecule has 0 aromatic heterocycles. The van der Waals surface area contributed by atoms with E-state index in [2.05, 4.69) is 5.32 Å². The minimum atomic E-state index is -0.855. The van der Waals surface area contributed by atoms with Crippen molar-refractivity contribution in [1.82, 2.24) is 5.32 Å². The van der Waals surface area contributed by atoms with Crippen LogP contribution in [-0.2, 0) is 0 Å². The summed E-state index contributed by atoms with van der Waals surface area (Å²) in [6, 6.07) is 19.8. The monoisotopic (exact) mass is 337 g/mol. The summed E-state index contributed by atoms with van der Waals surface area (Å²) >= 11 is 0. The van der Waals surface area contributed by atoms with Crippen molar-refractivity contribution in [3.63, 3.8) is 0 Å². The van der Waals surface area contributed by atoms with Gasteiger partial charge in [0.2, 0.25) is 0 Å². The Labute approximate surface area is 145 Å². The lowest BCUT2D eigenvalue weighted by Gasteiger charge is -2.14. The number of benzene rings is 3. The molecular weight excluding hydrogens is 318 g/mol. The molecule has 0 fully saturated rings. The fraction of sp³-hybridized carbons (Fsp3) is 0.150. The van der Waals surface area contributed by atoms with Gasteiger partial charge in [0.25, 0.3) is 5.91 Å². The Bertz CT molecular complexity index is 864. The Balaban J connectivity index is 1.58. The molecule has 3 aromatic carbocycles. The van der Waals surface area contributed by atoms with Crippen LogP contribution in [0.3, 0.4) is 0 Å². The number of hydrogen-bond acceptors (Lipinski definition) is 4. The maximum atomic E-state index is 12.3. The minimum Gasteiger partial charge on any atom is -0.507 e. The number of fused-ring (bicyclic) bond motifs is 1. The molecule has 0 unspecified atom stereocenters. The van der Waals surface area contributed by atoms with Crippen LogP contribution in [0.5, 0.6) is 11.5 Å². The highest BCUT2D eigenvalue weighted by Crippen LogP contribution is 2.24. The van der Waals surface area contributed by atoms with E-state index in [0.29, 0.717) is 5.75 Å². The SMILES string of the molecule is O=C(NC[C@H](O)COc1ccccc1)c1cc2ccccc2cc1O. The quantitative estimate of drug-likeness (QED) is 0.646. The first-order valence-corrected chi connectivity index (χ1v) is 7.99. The largest absolute Gasteiger partial charge is 0.507 e. The fourth-order valence-corrected chi connectivity index (χ4v) is 2.48. The molecule has 0 radical (unpaired) electrons. The van der Waals surface area contributed by atoms with Gasteiger partial charge in [0.15, 0.2) is 0 Å². The van der Waals surface area contributed by atoms with E-state index in [4.69, 9.17) is 4.74 Å². The fourth-order valence-electron chi connectivity index (χ4n) is 2.48. The highest BCUT2D eigenvalue weighted by Gasteiger charge is 2.14. The first kappa shape index (κ1) is 16.8. The van der Waals surface area contributed by atoms with Gasteiger partial charge in [0.1, 0.15) is 24.2 Å². The summed E-state index contributed by atoms with van der Waals surface area (Å²) in [5, 5.41) is 24.3. The van der Waals surface area contributed by atoms with Crippen molar-refractivity contribution in [2.24, 2.45) is 0 Å². The predicted molar refractivity (Wildman–Crippen MR) is 95.9 cm³/mol. The van der Waals surface area contributed by atoms with Gasteiger partial charge in [-0.15, -0.1) is 0 Å². The molecule has 0 aliphatic carbocycles. The second kappa shape index (κ2) is 7.68. The molecule has 3 rings (SSSR count). The van der Waals surface area contributed by atoms with Gasteiger partial charge < -0.3 is 20.3 Å². The molecule has 1 atom stereocenters. The van der Waals surface area contributed by atoms with E-state index < -0.39 is 12.0 Å². The van der Waals surface area contributed by atoms with Gasteiger partial charge in [0.05, 0.1) is 5.56 Å².